The zero-order chi connectivity index (χ0) is 13.9. The number of esters is 1. The topological polar surface area (TPSA) is 77.5 Å². The van der Waals surface area contributed by atoms with Crippen molar-refractivity contribution in [2.75, 3.05) is 19.8 Å². The third-order valence-electron chi connectivity index (χ3n) is 2.19. The number of hydrogen-bond donors (Lipinski definition) is 1. The van der Waals surface area contributed by atoms with Crippen molar-refractivity contribution in [3.63, 3.8) is 0 Å². The van der Waals surface area contributed by atoms with E-state index in [2.05, 4.69) is 10.3 Å². The van der Waals surface area contributed by atoms with Gasteiger partial charge in [-0.2, -0.15) is 0 Å². The van der Waals surface area contributed by atoms with E-state index in [0.29, 0.717) is 31.8 Å². The van der Waals surface area contributed by atoms with Crippen molar-refractivity contribution in [1.29, 1.82) is 0 Å². The van der Waals surface area contributed by atoms with Crippen molar-refractivity contribution in [1.82, 2.24) is 10.3 Å². The molecule has 1 amide bonds. The van der Waals surface area contributed by atoms with E-state index in [1.807, 2.05) is 0 Å². The smallest absolute Gasteiger partial charge is 0.325 e. The van der Waals surface area contributed by atoms with Gasteiger partial charge in [0.2, 0.25) is 5.91 Å². The SMILES string of the molecule is CCOC(=O)CNC(=O)CCCOc1cccnc1. The Kier molecular flexibility index (Phi) is 7.01. The molecule has 0 bridgehead atoms. The van der Waals surface area contributed by atoms with E-state index < -0.39 is 5.97 Å². The van der Waals surface area contributed by atoms with Gasteiger partial charge < -0.3 is 14.8 Å². The lowest BCUT2D eigenvalue weighted by Crippen LogP contribution is -2.30. The highest BCUT2D eigenvalue weighted by atomic mass is 16.5. The van der Waals surface area contributed by atoms with Crippen LogP contribution in [0.5, 0.6) is 5.75 Å². The molecule has 0 aliphatic heterocycles. The van der Waals surface area contributed by atoms with Crippen molar-refractivity contribution in [2.24, 2.45) is 0 Å². The predicted octanol–water partition coefficient (Wildman–Crippen LogP) is 0.920. The van der Waals surface area contributed by atoms with Crippen molar-refractivity contribution in [3.05, 3.63) is 24.5 Å². The predicted molar refractivity (Wildman–Crippen MR) is 68.6 cm³/mol. The van der Waals surface area contributed by atoms with E-state index in [1.54, 1.807) is 31.5 Å². The highest BCUT2D eigenvalue weighted by Gasteiger charge is 2.05. The van der Waals surface area contributed by atoms with Gasteiger partial charge in [0, 0.05) is 12.6 Å². The second-order valence-electron chi connectivity index (χ2n) is 3.72. The summed E-state index contributed by atoms with van der Waals surface area (Å²) in [5.74, 6) is 0.0553. The summed E-state index contributed by atoms with van der Waals surface area (Å²) in [6.07, 6.45) is 4.15. The summed E-state index contributed by atoms with van der Waals surface area (Å²) in [4.78, 5) is 26.3. The van der Waals surface area contributed by atoms with Crippen molar-refractivity contribution < 1.29 is 19.1 Å². The fourth-order valence-corrected chi connectivity index (χ4v) is 1.33. The molecule has 0 aliphatic carbocycles. The monoisotopic (exact) mass is 266 g/mol. The van der Waals surface area contributed by atoms with Gasteiger partial charge in [-0.25, -0.2) is 0 Å². The van der Waals surface area contributed by atoms with E-state index in [4.69, 9.17) is 9.47 Å². The second kappa shape index (κ2) is 8.91. The first kappa shape index (κ1) is 14.9. The molecule has 1 heterocycles. The van der Waals surface area contributed by atoms with Crippen LogP contribution in [-0.4, -0.2) is 36.6 Å². The summed E-state index contributed by atoms with van der Waals surface area (Å²) in [6, 6.07) is 3.58. The first-order chi connectivity index (χ1) is 9.22. The van der Waals surface area contributed by atoms with Crippen LogP contribution in [0.15, 0.2) is 24.5 Å². The zero-order valence-corrected chi connectivity index (χ0v) is 10.9. The highest BCUT2D eigenvalue weighted by Crippen LogP contribution is 2.06. The van der Waals surface area contributed by atoms with Crippen LogP contribution in [0.1, 0.15) is 19.8 Å². The minimum absolute atomic E-state index is 0.0872. The number of nitrogens with one attached hydrogen (secondary N) is 1. The van der Waals surface area contributed by atoms with Crippen LogP contribution in [0.25, 0.3) is 0 Å². The Hall–Kier alpha value is -2.11. The van der Waals surface area contributed by atoms with Crippen molar-refractivity contribution in [2.45, 2.75) is 19.8 Å². The van der Waals surface area contributed by atoms with Gasteiger partial charge in [-0.15, -0.1) is 0 Å². The molecule has 6 nitrogen and oxygen atoms in total. The summed E-state index contributed by atoms with van der Waals surface area (Å²) in [7, 11) is 0. The van der Waals surface area contributed by atoms with Crippen molar-refractivity contribution in [3.8, 4) is 5.75 Å². The van der Waals surface area contributed by atoms with Gasteiger partial charge in [-0.1, -0.05) is 0 Å². The van der Waals surface area contributed by atoms with E-state index in [-0.39, 0.29) is 12.5 Å². The fourth-order valence-electron chi connectivity index (χ4n) is 1.33. The molecule has 0 saturated carbocycles. The maximum Gasteiger partial charge on any atom is 0.325 e. The standard InChI is InChI=1S/C13H18N2O4/c1-2-18-13(17)10-15-12(16)6-4-8-19-11-5-3-7-14-9-11/h3,5,7,9H,2,4,6,8,10H2,1H3,(H,15,16). The van der Waals surface area contributed by atoms with Crippen LogP contribution in [0.3, 0.4) is 0 Å². The third kappa shape index (κ3) is 7.03. The number of aromatic nitrogens is 1. The number of nitrogens with zero attached hydrogens (tertiary/aromatic N) is 1. The first-order valence-electron chi connectivity index (χ1n) is 6.17. The molecule has 0 saturated heterocycles. The molecular formula is C13H18N2O4. The molecule has 1 aromatic heterocycles. The quantitative estimate of drug-likeness (QED) is 0.559. The molecular weight excluding hydrogens is 248 g/mol. The summed E-state index contributed by atoms with van der Waals surface area (Å²) in [6.45, 7) is 2.37. The first-order valence-corrected chi connectivity index (χ1v) is 6.17. The van der Waals surface area contributed by atoms with Crippen LogP contribution in [-0.2, 0) is 14.3 Å². The summed E-state index contributed by atoms with van der Waals surface area (Å²) >= 11 is 0. The molecule has 1 aromatic rings. The lowest BCUT2D eigenvalue weighted by atomic mass is 10.3. The van der Waals surface area contributed by atoms with Crippen LogP contribution in [0.2, 0.25) is 0 Å². The maximum atomic E-state index is 11.4. The van der Waals surface area contributed by atoms with E-state index >= 15 is 0 Å². The average Bonchev–Trinajstić information content (AvgIpc) is 2.43. The molecule has 19 heavy (non-hydrogen) atoms. The van der Waals surface area contributed by atoms with Gasteiger partial charge >= 0.3 is 5.97 Å². The van der Waals surface area contributed by atoms with Crippen LogP contribution in [0.4, 0.5) is 0 Å². The second-order valence-corrected chi connectivity index (χ2v) is 3.72. The molecule has 1 rings (SSSR count). The Morgan fingerprint density at radius 2 is 2.26 bits per heavy atom. The molecule has 104 valence electrons. The minimum atomic E-state index is -0.428. The number of carbonyl (C=O) groups excluding carboxylic acids is 2. The Morgan fingerprint density at radius 1 is 1.42 bits per heavy atom. The summed E-state index contributed by atoms with van der Waals surface area (Å²) in [5, 5.41) is 2.48. The Labute approximate surface area is 112 Å². The molecule has 0 aliphatic rings. The van der Waals surface area contributed by atoms with Crippen LogP contribution >= 0.6 is 0 Å². The largest absolute Gasteiger partial charge is 0.492 e. The maximum absolute atomic E-state index is 11.4. The molecule has 6 heteroatoms. The Balaban J connectivity index is 2.06. The Morgan fingerprint density at radius 3 is 2.95 bits per heavy atom. The highest BCUT2D eigenvalue weighted by molar-refractivity contribution is 5.81. The number of carbonyl (C=O) groups is 2. The van der Waals surface area contributed by atoms with E-state index in [0.717, 1.165) is 0 Å². The molecule has 0 radical (unpaired) electrons. The molecule has 0 aromatic carbocycles. The van der Waals surface area contributed by atoms with Crippen molar-refractivity contribution >= 4 is 11.9 Å². The lowest BCUT2D eigenvalue weighted by molar-refractivity contribution is -0.143. The molecule has 0 unspecified atom stereocenters. The van der Waals surface area contributed by atoms with E-state index in [9.17, 15) is 9.59 Å². The Bertz CT molecular complexity index is 395. The average molecular weight is 266 g/mol. The number of rotatable bonds is 8. The van der Waals surface area contributed by atoms with Gasteiger partial charge in [0.05, 0.1) is 19.4 Å². The minimum Gasteiger partial charge on any atom is -0.492 e. The molecule has 0 spiro atoms. The summed E-state index contributed by atoms with van der Waals surface area (Å²) in [5.41, 5.74) is 0. The number of ether oxygens (including phenoxy) is 2. The van der Waals surface area contributed by atoms with Crippen LogP contribution < -0.4 is 10.1 Å². The zero-order valence-electron chi connectivity index (χ0n) is 10.9. The van der Waals surface area contributed by atoms with Gasteiger partial charge in [0.1, 0.15) is 12.3 Å². The number of pyridine rings is 1. The summed E-state index contributed by atoms with van der Waals surface area (Å²) < 4.78 is 10.1. The van der Waals surface area contributed by atoms with E-state index in [1.165, 1.54) is 0 Å². The fraction of sp³-hybridized carbons (Fsp3) is 0.462. The normalized spacial score (nSPS) is 9.74. The molecule has 0 atom stereocenters. The van der Waals surface area contributed by atoms with Gasteiger partial charge in [0.25, 0.3) is 0 Å². The number of hydrogen-bond acceptors (Lipinski definition) is 5. The van der Waals surface area contributed by atoms with Gasteiger partial charge in [0.15, 0.2) is 0 Å². The van der Waals surface area contributed by atoms with Gasteiger partial charge in [-0.05, 0) is 25.5 Å². The lowest BCUT2D eigenvalue weighted by Gasteiger charge is -2.06. The van der Waals surface area contributed by atoms with Gasteiger partial charge in [-0.3, -0.25) is 14.6 Å². The number of amides is 1. The molecule has 0 fully saturated rings. The molecule has 1 N–H and O–H groups in total. The van der Waals surface area contributed by atoms with Crippen LogP contribution in [0, 0.1) is 0 Å². The third-order valence-corrected chi connectivity index (χ3v) is 2.19.